The number of ether oxygens (including phenoxy) is 7. The van der Waals surface area contributed by atoms with Crippen LogP contribution in [0, 0.1) is 45.3 Å². The lowest BCUT2D eigenvalue weighted by molar-refractivity contribution is -0.317. The topological polar surface area (TPSA) is 217 Å². The van der Waals surface area contributed by atoms with Crippen molar-refractivity contribution < 1.29 is 73.1 Å². The molecule has 0 radical (unpaired) electrons. The molecular formula is C47H74O15. The quantitative estimate of drug-likeness (QED) is 0.105. The third-order valence-corrected chi connectivity index (χ3v) is 16.3. The van der Waals surface area contributed by atoms with E-state index in [1.54, 1.807) is 0 Å². The Morgan fingerprint density at radius 1 is 0.806 bits per heavy atom. The van der Waals surface area contributed by atoms with Crippen molar-refractivity contribution >= 4 is 17.9 Å². The number of hydrogen-bond acceptors (Lipinski definition) is 15. The Bertz CT molecular complexity index is 1710. The summed E-state index contributed by atoms with van der Waals surface area (Å²) in [5.74, 6) is -1.81. The molecule has 352 valence electrons. The Morgan fingerprint density at radius 2 is 1.47 bits per heavy atom. The monoisotopic (exact) mass is 879 g/mol. The molecule has 0 unspecified atom stereocenters. The lowest BCUT2D eigenvalue weighted by atomic mass is 9.38. The molecule has 15 heteroatoms. The third-order valence-electron chi connectivity index (χ3n) is 16.3. The number of aliphatic hydroxyl groups is 5. The summed E-state index contributed by atoms with van der Waals surface area (Å²) in [6, 6.07) is 0. The Kier molecular flexibility index (Phi) is 14.6. The van der Waals surface area contributed by atoms with E-state index >= 15 is 0 Å². The zero-order valence-electron chi connectivity index (χ0n) is 38.6. The fourth-order valence-electron chi connectivity index (χ4n) is 13.2. The first-order chi connectivity index (χ1) is 28.9. The molecular weight excluding hydrogens is 805 g/mol. The van der Waals surface area contributed by atoms with Crippen LogP contribution < -0.4 is 0 Å². The van der Waals surface area contributed by atoms with Crippen molar-refractivity contribution in [2.24, 2.45) is 45.3 Å². The molecule has 3 saturated carbocycles. The van der Waals surface area contributed by atoms with Crippen LogP contribution in [0.3, 0.4) is 0 Å². The zero-order valence-corrected chi connectivity index (χ0v) is 38.6. The Morgan fingerprint density at radius 3 is 2.10 bits per heavy atom. The molecule has 15 nitrogen and oxygen atoms in total. The van der Waals surface area contributed by atoms with Gasteiger partial charge in [-0.05, 0) is 92.8 Å². The van der Waals surface area contributed by atoms with E-state index in [9.17, 15) is 39.9 Å². The highest BCUT2D eigenvalue weighted by molar-refractivity contribution is 5.67. The van der Waals surface area contributed by atoms with Crippen LogP contribution in [-0.4, -0.2) is 130 Å². The molecule has 2 heterocycles. The standard InChI is InChI=1S/C47H74O15/c1-23(2)13-12-14-24(3)35-31(60-43-39(55)37(53)40(59-27(6)50)33(61-43)22-56-25(4)48)20-47(11)41-30(51)19-29-28(45(41,9)17-18-46(35,47)10)15-16-34(44(29,7)8)62-42-38(54)36(52)32(21-57-42)58-26(5)49/h13,19,24,28,30-43,51-55H,12,14-18,20-22H2,1-11H3/t24-,28-,30+,31+,32+,33+,34+,35-,36-,37-,38-,39-,40+,41-,42-,43+,45+,46-,47-/m1/s1. The normalized spacial score (nSPS) is 45.3. The van der Waals surface area contributed by atoms with Gasteiger partial charge in [0.15, 0.2) is 24.8 Å². The molecule has 4 aliphatic carbocycles. The van der Waals surface area contributed by atoms with E-state index in [4.69, 9.17) is 33.2 Å². The molecule has 0 aromatic rings. The summed E-state index contributed by atoms with van der Waals surface area (Å²) in [5.41, 5.74) is 0.626. The van der Waals surface area contributed by atoms with Crippen molar-refractivity contribution in [2.45, 2.75) is 195 Å². The second kappa shape index (κ2) is 18.4. The predicted molar refractivity (Wildman–Crippen MR) is 223 cm³/mol. The number of carbonyl (C=O) groups is 3. The maximum atomic E-state index is 12.6. The highest BCUT2D eigenvalue weighted by Gasteiger charge is 2.72. The average Bonchev–Trinajstić information content (AvgIpc) is 3.40. The summed E-state index contributed by atoms with van der Waals surface area (Å²) in [6.45, 7) is 20.8. The summed E-state index contributed by atoms with van der Waals surface area (Å²) >= 11 is 0. The second-order valence-corrected chi connectivity index (χ2v) is 20.9. The van der Waals surface area contributed by atoms with Gasteiger partial charge in [0.2, 0.25) is 0 Å². The molecule has 0 bridgehead atoms. The van der Waals surface area contributed by atoms with Crippen LogP contribution in [-0.2, 0) is 47.5 Å². The maximum Gasteiger partial charge on any atom is 0.303 e. The number of carbonyl (C=O) groups excluding carboxylic acids is 3. The molecule has 6 aliphatic rings. The highest BCUT2D eigenvalue weighted by atomic mass is 16.7. The number of hydrogen-bond donors (Lipinski definition) is 5. The van der Waals surface area contributed by atoms with Gasteiger partial charge in [0.05, 0.1) is 24.9 Å². The van der Waals surface area contributed by atoms with E-state index in [-0.39, 0.29) is 47.7 Å². The first kappa shape index (κ1) is 49.0. The summed E-state index contributed by atoms with van der Waals surface area (Å²) in [6.07, 6.45) is -3.82. The molecule has 0 aromatic heterocycles. The van der Waals surface area contributed by atoms with Gasteiger partial charge >= 0.3 is 17.9 Å². The zero-order chi connectivity index (χ0) is 45.9. The molecule has 2 aliphatic heterocycles. The second-order valence-electron chi connectivity index (χ2n) is 20.9. The van der Waals surface area contributed by atoms with Crippen molar-refractivity contribution in [3.63, 3.8) is 0 Å². The summed E-state index contributed by atoms with van der Waals surface area (Å²) in [5, 5.41) is 57.2. The molecule has 5 N–H and O–H groups in total. The summed E-state index contributed by atoms with van der Waals surface area (Å²) in [7, 11) is 0. The SMILES string of the molecule is CC(=O)OC[C@@H]1O[C@H](O[C@H]2C[C@]3(C)[C@@H]4[C@@H](O)C=C5[C@@H](CC[C@H](O[C@H]6OC[C@H](OC(C)=O)[C@@H](O)[C@H]6O)C5(C)C)[C@]4(C)CC[C@]3(C)[C@@H]2[C@H](C)CCC=C(C)C)[C@H](O)[C@@H](O)[C@H]1OC(C)=O. The minimum atomic E-state index is -1.58. The summed E-state index contributed by atoms with van der Waals surface area (Å²) in [4.78, 5) is 35.4. The molecule has 2 saturated heterocycles. The van der Waals surface area contributed by atoms with Gasteiger partial charge in [0.1, 0.15) is 37.1 Å². The van der Waals surface area contributed by atoms with Crippen molar-refractivity contribution in [3.8, 4) is 0 Å². The van der Waals surface area contributed by atoms with Gasteiger partial charge in [0.25, 0.3) is 0 Å². The van der Waals surface area contributed by atoms with E-state index in [1.807, 2.05) is 6.08 Å². The summed E-state index contributed by atoms with van der Waals surface area (Å²) < 4.78 is 41.2. The number of fused-ring (bicyclic) bond motifs is 5. The van der Waals surface area contributed by atoms with E-state index in [2.05, 4.69) is 61.5 Å². The van der Waals surface area contributed by atoms with Crippen molar-refractivity contribution in [2.75, 3.05) is 13.2 Å². The van der Waals surface area contributed by atoms with Crippen LogP contribution in [0.15, 0.2) is 23.3 Å². The van der Waals surface area contributed by atoms with Crippen LogP contribution in [0.2, 0.25) is 0 Å². The average molecular weight is 879 g/mol. The van der Waals surface area contributed by atoms with Gasteiger partial charge in [-0.25, -0.2) is 0 Å². The predicted octanol–water partition coefficient (Wildman–Crippen LogP) is 4.28. The lowest BCUT2D eigenvalue weighted by Gasteiger charge is -2.67. The smallest absolute Gasteiger partial charge is 0.303 e. The van der Waals surface area contributed by atoms with Gasteiger partial charge in [-0.2, -0.15) is 0 Å². The Labute approximate surface area is 366 Å². The largest absolute Gasteiger partial charge is 0.463 e. The Hall–Kier alpha value is -2.47. The number of rotatable bonds is 12. The first-order valence-electron chi connectivity index (χ1n) is 22.7. The molecule has 0 aromatic carbocycles. The first-order valence-corrected chi connectivity index (χ1v) is 22.7. The fourth-order valence-corrected chi connectivity index (χ4v) is 13.2. The molecule has 0 amide bonds. The Balaban J connectivity index is 1.30. The molecule has 0 spiro atoms. The maximum absolute atomic E-state index is 12.6. The van der Waals surface area contributed by atoms with E-state index < -0.39 is 102 Å². The van der Waals surface area contributed by atoms with Crippen LogP contribution in [0.5, 0.6) is 0 Å². The van der Waals surface area contributed by atoms with E-state index in [0.29, 0.717) is 12.8 Å². The van der Waals surface area contributed by atoms with E-state index in [1.165, 1.54) is 26.3 Å². The van der Waals surface area contributed by atoms with Crippen molar-refractivity contribution in [1.29, 1.82) is 0 Å². The molecule has 62 heavy (non-hydrogen) atoms. The van der Waals surface area contributed by atoms with Crippen LogP contribution in [0.1, 0.15) is 121 Å². The molecule has 19 atom stereocenters. The number of allylic oxidation sites excluding steroid dienone is 2. The minimum Gasteiger partial charge on any atom is -0.463 e. The van der Waals surface area contributed by atoms with Crippen molar-refractivity contribution in [1.82, 2.24) is 0 Å². The van der Waals surface area contributed by atoms with Crippen molar-refractivity contribution in [3.05, 3.63) is 23.3 Å². The highest BCUT2D eigenvalue weighted by Crippen LogP contribution is 2.75. The minimum absolute atomic E-state index is 0.0375. The lowest BCUT2D eigenvalue weighted by Crippen LogP contribution is -2.63. The van der Waals surface area contributed by atoms with Gasteiger partial charge in [-0.15, -0.1) is 0 Å². The van der Waals surface area contributed by atoms with Crippen LogP contribution >= 0.6 is 0 Å². The van der Waals surface area contributed by atoms with E-state index in [0.717, 1.165) is 37.7 Å². The number of aliphatic hydroxyl groups excluding tert-OH is 5. The number of esters is 3. The third kappa shape index (κ3) is 8.92. The van der Waals surface area contributed by atoms with Gasteiger partial charge in [-0.3, -0.25) is 14.4 Å². The van der Waals surface area contributed by atoms with Gasteiger partial charge in [0, 0.05) is 32.1 Å². The van der Waals surface area contributed by atoms with Crippen LogP contribution in [0.4, 0.5) is 0 Å². The van der Waals surface area contributed by atoms with Crippen LogP contribution in [0.25, 0.3) is 0 Å². The molecule has 6 rings (SSSR count). The molecule has 5 fully saturated rings. The fraction of sp³-hybridized carbons (Fsp3) is 0.851. The van der Waals surface area contributed by atoms with Gasteiger partial charge < -0.3 is 58.7 Å². The van der Waals surface area contributed by atoms with Gasteiger partial charge in [-0.1, -0.05) is 64.8 Å².